The molecule has 0 radical (unpaired) electrons. The van der Waals surface area contributed by atoms with Crippen LogP contribution < -0.4 is 5.32 Å². The summed E-state index contributed by atoms with van der Waals surface area (Å²) in [6.45, 7) is 6.20. The lowest BCUT2D eigenvalue weighted by Gasteiger charge is -2.54. The number of allylic oxidation sites excluding steroid dienone is 1. The first-order valence-electron chi connectivity index (χ1n) is 11.4. The zero-order chi connectivity index (χ0) is 27.1. The minimum atomic E-state index is -5.88. The first kappa shape index (κ1) is 31.2. The van der Waals surface area contributed by atoms with Gasteiger partial charge < -0.3 is 19.7 Å². The van der Waals surface area contributed by atoms with Gasteiger partial charge in [-0.1, -0.05) is 45.6 Å². The predicted octanol–water partition coefficient (Wildman–Crippen LogP) is 3.98. The van der Waals surface area contributed by atoms with Gasteiger partial charge in [0.15, 0.2) is 0 Å². The van der Waals surface area contributed by atoms with E-state index in [0.717, 1.165) is 11.4 Å². The van der Waals surface area contributed by atoms with Crippen molar-refractivity contribution in [2.45, 2.75) is 82.6 Å². The minimum Gasteiger partial charge on any atom is -0.465 e. The summed E-state index contributed by atoms with van der Waals surface area (Å²) in [4.78, 5) is 25.5. The third-order valence-corrected chi connectivity index (χ3v) is 5.93. The summed E-state index contributed by atoms with van der Waals surface area (Å²) < 4.78 is 93.7. The normalized spacial score (nSPS) is 29.5. The lowest BCUT2D eigenvalue weighted by Crippen LogP contribution is -2.82. The number of ether oxygens (including phenoxy) is 2. The molecule has 1 saturated heterocycles. The summed E-state index contributed by atoms with van der Waals surface area (Å²) in [7, 11) is 0. The molecule has 1 aliphatic heterocycles. The number of alkyl halides is 6. The smallest absolute Gasteiger partial charge is 0.431 e. The van der Waals surface area contributed by atoms with Crippen LogP contribution in [-0.2, 0) is 19.1 Å². The Balaban J connectivity index is 3.61. The third-order valence-electron chi connectivity index (χ3n) is 5.93. The molecule has 1 aliphatic rings. The Bertz CT molecular complexity index is 676. The monoisotopic (exact) mass is 521 g/mol. The molecule has 0 aromatic rings. The van der Waals surface area contributed by atoms with Crippen molar-refractivity contribution in [3.05, 3.63) is 12.7 Å². The molecule has 0 aromatic carbocycles. The van der Waals surface area contributed by atoms with Crippen LogP contribution >= 0.6 is 0 Å². The van der Waals surface area contributed by atoms with Gasteiger partial charge in [0.25, 0.3) is 0 Å². The van der Waals surface area contributed by atoms with Crippen molar-refractivity contribution in [2.75, 3.05) is 13.2 Å². The van der Waals surface area contributed by atoms with Crippen molar-refractivity contribution in [1.82, 2.24) is 5.32 Å². The molecule has 13 heteroatoms. The van der Waals surface area contributed by atoms with Gasteiger partial charge in [-0.3, -0.25) is 9.59 Å². The number of nitrogens with one attached hydrogen (secondary N) is 1. The molecule has 0 aromatic heterocycles. The zero-order valence-corrected chi connectivity index (χ0v) is 19.7. The van der Waals surface area contributed by atoms with Gasteiger partial charge in [0.05, 0.1) is 13.2 Å². The zero-order valence-electron chi connectivity index (χ0n) is 19.7. The molecule has 35 heavy (non-hydrogen) atoms. The van der Waals surface area contributed by atoms with E-state index in [-0.39, 0.29) is 26.1 Å². The molecule has 0 aliphatic carbocycles. The maximum atomic E-state index is 14.0. The second-order valence-electron chi connectivity index (χ2n) is 8.55. The fourth-order valence-corrected chi connectivity index (χ4v) is 4.14. The standard InChI is InChI=1S/C22H33F6NO6/c1-4-7-9-12-34-17(30)15-14(11-6-3)16(18(31)35-13-10-8-5-2)20(33,22(26,27)28)29-19(15,32)21(23,24)25/h6,14-16,29,32-33H,3-5,7-13H2,1-2H3. The Labute approximate surface area is 199 Å². The number of aliphatic hydroxyl groups is 2. The van der Waals surface area contributed by atoms with E-state index < -0.39 is 59.9 Å². The summed E-state index contributed by atoms with van der Waals surface area (Å²) >= 11 is 0. The van der Waals surface area contributed by atoms with Crippen molar-refractivity contribution in [1.29, 1.82) is 0 Å². The van der Waals surface area contributed by atoms with Crippen LogP contribution in [0.15, 0.2) is 12.7 Å². The summed E-state index contributed by atoms with van der Waals surface area (Å²) in [6, 6.07) is 0. The van der Waals surface area contributed by atoms with Gasteiger partial charge in [-0.25, -0.2) is 5.32 Å². The Morgan fingerprint density at radius 1 is 0.857 bits per heavy atom. The number of halogens is 6. The van der Waals surface area contributed by atoms with Crippen LogP contribution in [0, 0.1) is 17.8 Å². The average molecular weight is 521 g/mol. The van der Waals surface area contributed by atoms with Gasteiger partial charge in [-0.2, -0.15) is 26.3 Å². The SMILES string of the molecule is C=CCC1C(C(=O)OCCCCC)C(O)(C(F)(F)F)NC(O)(C(F)(F)F)C1C(=O)OCCCCC. The topological polar surface area (TPSA) is 105 Å². The Hall–Kier alpha value is -1.86. The number of hydrogen-bond acceptors (Lipinski definition) is 7. The Kier molecular flexibility index (Phi) is 11.0. The second kappa shape index (κ2) is 12.4. The predicted molar refractivity (Wildman–Crippen MR) is 111 cm³/mol. The van der Waals surface area contributed by atoms with E-state index in [1.54, 1.807) is 0 Å². The maximum Gasteiger partial charge on any atom is 0.431 e. The number of rotatable bonds is 12. The van der Waals surface area contributed by atoms with Gasteiger partial charge in [0, 0.05) is 0 Å². The molecule has 3 N–H and O–H groups in total. The van der Waals surface area contributed by atoms with E-state index in [1.165, 1.54) is 0 Å². The van der Waals surface area contributed by atoms with E-state index in [2.05, 4.69) is 6.58 Å². The number of unbranched alkanes of at least 4 members (excludes halogenated alkanes) is 4. The van der Waals surface area contributed by atoms with E-state index in [0.29, 0.717) is 25.7 Å². The summed E-state index contributed by atoms with van der Waals surface area (Å²) in [5, 5.41) is 21.8. The number of piperidine rings is 1. The molecule has 7 nitrogen and oxygen atoms in total. The molecule has 0 bridgehead atoms. The molecule has 0 spiro atoms. The van der Waals surface area contributed by atoms with Crippen molar-refractivity contribution in [3.8, 4) is 0 Å². The molecular weight excluding hydrogens is 488 g/mol. The van der Waals surface area contributed by atoms with E-state index in [9.17, 15) is 46.1 Å². The number of esters is 2. The van der Waals surface area contributed by atoms with Crippen LogP contribution in [0.5, 0.6) is 0 Å². The fraction of sp³-hybridized carbons (Fsp3) is 0.818. The molecule has 0 amide bonds. The molecule has 0 saturated carbocycles. The fourth-order valence-electron chi connectivity index (χ4n) is 4.14. The average Bonchev–Trinajstić information content (AvgIpc) is 2.72. The molecule has 1 fully saturated rings. The largest absolute Gasteiger partial charge is 0.465 e. The lowest BCUT2D eigenvalue weighted by molar-refractivity contribution is -0.382. The molecular formula is C22H33F6NO6. The van der Waals surface area contributed by atoms with Gasteiger partial charge in [0.2, 0.25) is 11.4 Å². The van der Waals surface area contributed by atoms with Gasteiger partial charge >= 0.3 is 24.3 Å². The van der Waals surface area contributed by atoms with Crippen LogP contribution in [0.3, 0.4) is 0 Å². The van der Waals surface area contributed by atoms with Crippen molar-refractivity contribution in [3.63, 3.8) is 0 Å². The number of hydrogen-bond donors (Lipinski definition) is 3. The molecule has 4 atom stereocenters. The Morgan fingerprint density at radius 3 is 1.51 bits per heavy atom. The third kappa shape index (κ3) is 6.88. The van der Waals surface area contributed by atoms with E-state index in [4.69, 9.17) is 9.47 Å². The summed E-state index contributed by atoms with van der Waals surface area (Å²) in [5.74, 6) is -11.0. The van der Waals surface area contributed by atoms with Crippen LogP contribution in [0.4, 0.5) is 26.3 Å². The van der Waals surface area contributed by atoms with E-state index >= 15 is 0 Å². The lowest BCUT2D eigenvalue weighted by atomic mass is 9.65. The van der Waals surface area contributed by atoms with Gasteiger partial charge in [0.1, 0.15) is 11.8 Å². The van der Waals surface area contributed by atoms with Crippen LogP contribution in [0.1, 0.15) is 58.8 Å². The van der Waals surface area contributed by atoms with Crippen molar-refractivity contribution in [2.24, 2.45) is 17.8 Å². The number of carbonyl (C=O) groups excluding carboxylic acids is 2. The van der Waals surface area contributed by atoms with Gasteiger partial charge in [-0.15, -0.1) is 6.58 Å². The summed E-state index contributed by atoms with van der Waals surface area (Å²) in [6.07, 6.45) is -8.67. The van der Waals surface area contributed by atoms with E-state index in [1.807, 2.05) is 13.8 Å². The van der Waals surface area contributed by atoms with Crippen LogP contribution in [-0.4, -0.2) is 59.2 Å². The molecule has 4 unspecified atom stereocenters. The van der Waals surface area contributed by atoms with Crippen molar-refractivity contribution < 1.29 is 55.6 Å². The first-order valence-corrected chi connectivity index (χ1v) is 11.4. The van der Waals surface area contributed by atoms with Crippen LogP contribution in [0.2, 0.25) is 0 Å². The molecule has 1 heterocycles. The quantitative estimate of drug-likeness (QED) is 0.154. The highest BCUT2D eigenvalue weighted by molar-refractivity contribution is 5.80. The second-order valence-corrected chi connectivity index (χ2v) is 8.55. The first-order chi connectivity index (χ1) is 16.1. The van der Waals surface area contributed by atoms with Gasteiger partial charge in [-0.05, 0) is 25.2 Å². The highest BCUT2D eigenvalue weighted by Gasteiger charge is 2.78. The Morgan fingerprint density at radius 2 is 1.23 bits per heavy atom. The molecule has 204 valence electrons. The van der Waals surface area contributed by atoms with Crippen molar-refractivity contribution >= 4 is 11.9 Å². The number of carbonyl (C=O) groups is 2. The maximum absolute atomic E-state index is 14.0. The molecule has 1 rings (SSSR count). The van der Waals surface area contributed by atoms with Crippen LogP contribution in [0.25, 0.3) is 0 Å². The highest BCUT2D eigenvalue weighted by atomic mass is 19.4. The minimum absolute atomic E-state index is 0.258. The highest BCUT2D eigenvalue weighted by Crippen LogP contribution is 2.53. The summed E-state index contributed by atoms with van der Waals surface area (Å²) in [5.41, 5.74) is -9.16.